The van der Waals surface area contributed by atoms with E-state index in [0.29, 0.717) is 12.5 Å². The first-order valence-corrected chi connectivity index (χ1v) is 5.59. The molecule has 2 rings (SSSR count). The molecule has 0 spiro atoms. The highest BCUT2D eigenvalue weighted by Crippen LogP contribution is 2.13. The van der Waals surface area contributed by atoms with E-state index in [4.69, 9.17) is 0 Å². The Balaban J connectivity index is 2.01. The molecule has 1 N–H and O–H groups in total. The molecule has 80 valence electrons. The van der Waals surface area contributed by atoms with Gasteiger partial charge >= 0.3 is 0 Å². The number of carbonyl (C=O) groups excluding carboxylic acids is 1. The Kier molecular flexibility index (Phi) is 3.17. The Hall–Kier alpha value is -1.15. The Labute approximate surface area is 90.7 Å². The van der Waals surface area contributed by atoms with Crippen LogP contribution in [-0.4, -0.2) is 18.4 Å². The first kappa shape index (κ1) is 10.4. The van der Waals surface area contributed by atoms with E-state index in [0.717, 1.165) is 24.1 Å². The lowest BCUT2D eigenvalue weighted by molar-refractivity contribution is 0.0971. The zero-order valence-corrected chi connectivity index (χ0v) is 9.12. The molecular formula is C13H17NO. The predicted molar refractivity (Wildman–Crippen MR) is 61.2 cm³/mol. The van der Waals surface area contributed by atoms with Gasteiger partial charge in [0.05, 0.1) is 0 Å². The van der Waals surface area contributed by atoms with Crippen LogP contribution in [0, 0.1) is 6.92 Å². The Morgan fingerprint density at radius 2 is 2.40 bits per heavy atom. The molecule has 1 aromatic rings. The van der Waals surface area contributed by atoms with Crippen molar-refractivity contribution in [3.8, 4) is 0 Å². The monoisotopic (exact) mass is 203 g/mol. The average Bonchev–Trinajstić information content (AvgIpc) is 2.70. The maximum absolute atomic E-state index is 11.9. The lowest BCUT2D eigenvalue weighted by atomic mass is 10.0. The van der Waals surface area contributed by atoms with E-state index in [1.165, 1.54) is 6.42 Å². The molecule has 1 heterocycles. The van der Waals surface area contributed by atoms with Gasteiger partial charge in [-0.25, -0.2) is 0 Å². The summed E-state index contributed by atoms with van der Waals surface area (Å²) in [6.45, 7) is 3.08. The highest BCUT2D eigenvalue weighted by molar-refractivity contribution is 5.96. The summed E-state index contributed by atoms with van der Waals surface area (Å²) >= 11 is 0. The van der Waals surface area contributed by atoms with E-state index >= 15 is 0 Å². The molecule has 0 aliphatic carbocycles. The largest absolute Gasteiger partial charge is 0.314 e. The van der Waals surface area contributed by atoms with Crippen LogP contribution in [0.15, 0.2) is 24.3 Å². The number of hydrogen-bond acceptors (Lipinski definition) is 2. The van der Waals surface area contributed by atoms with Gasteiger partial charge in [0.1, 0.15) is 0 Å². The summed E-state index contributed by atoms with van der Waals surface area (Å²) in [4.78, 5) is 11.9. The van der Waals surface area contributed by atoms with Crippen molar-refractivity contribution in [1.29, 1.82) is 0 Å². The van der Waals surface area contributed by atoms with Gasteiger partial charge < -0.3 is 5.32 Å². The zero-order chi connectivity index (χ0) is 10.7. The van der Waals surface area contributed by atoms with Crippen molar-refractivity contribution >= 4 is 5.78 Å². The molecule has 1 fully saturated rings. The lowest BCUT2D eigenvalue weighted by Gasteiger charge is -2.08. The van der Waals surface area contributed by atoms with E-state index < -0.39 is 0 Å². The van der Waals surface area contributed by atoms with Crippen molar-refractivity contribution in [2.24, 2.45) is 0 Å². The molecule has 1 aliphatic heterocycles. The van der Waals surface area contributed by atoms with Crippen LogP contribution < -0.4 is 5.32 Å². The summed E-state index contributed by atoms with van der Waals surface area (Å²) in [7, 11) is 0. The topological polar surface area (TPSA) is 29.1 Å². The van der Waals surface area contributed by atoms with Gasteiger partial charge in [0.15, 0.2) is 5.78 Å². The maximum Gasteiger partial charge on any atom is 0.164 e. The number of benzene rings is 1. The van der Waals surface area contributed by atoms with E-state index in [2.05, 4.69) is 5.32 Å². The van der Waals surface area contributed by atoms with Gasteiger partial charge in [-0.1, -0.05) is 23.8 Å². The summed E-state index contributed by atoms with van der Waals surface area (Å²) in [6.07, 6.45) is 2.98. The number of carbonyl (C=O) groups is 1. The zero-order valence-electron chi connectivity index (χ0n) is 9.12. The van der Waals surface area contributed by atoms with Crippen LogP contribution in [0.5, 0.6) is 0 Å². The Morgan fingerprint density at radius 1 is 1.53 bits per heavy atom. The van der Waals surface area contributed by atoms with Crippen molar-refractivity contribution in [2.45, 2.75) is 32.2 Å². The number of aryl methyl sites for hydroxylation is 1. The summed E-state index contributed by atoms with van der Waals surface area (Å²) in [6, 6.07) is 8.24. The SMILES string of the molecule is Cc1cccc(C(=O)CC2CCCN2)c1. The van der Waals surface area contributed by atoms with Crippen LogP contribution in [0.1, 0.15) is 35.2 Å². The highest BCUT2D eigenvalue weighted by atomic mass is 16.1. The predicted octanol–water partition coefficient (Wildman–Crippen LogP) is 2.32. The number of Topliss-reactive ketones (excluding diaryl/α,β-unsaturated/α-hetero) is 1. The Morgan fingerprint density at radius 3 is 3.07 bits per heavy atom. The fourth-order valence-electron chi connectivity index (χ4n) is 2.09. The van der Waals surface area contributed by atoms with Crippen molar-refractivity contribution in [3.63, 3.8) is 0 Å². The second kappa shape index (κ2) is 4.58. The van der Waals surface area contributed by atoms with E-state index in [1.54, 1.807) is 0 Å². The number of nitrogens with one attached hydrogen (secondary N) is 1. The van der Waals surface area contributed by atoms with Gasteiger partial charge in [0, 0.05) is 18.0 Å². The molecule has 1 aliphatic rings. The number of rotatable bonds is 3. The molecule has 1 atom stereocenters. The smallest absolute Gasteiger partial charge is 0.164 e. The minimum Gasteiger partial charge on any atom is -0.314 e. The number of hydrogen-bond donors (Lipinski definition) is 1. The van der Waals surface area contributed by atoms with Crippen LogP contribution in [0.2, 0.25) is 0 Å². The van der Waals surface area contributed by atoms with Crippen molar-refractivity contribution in [3.05, 3.63) is 35.4 Å². The molecule has 0 amide bonds. The molecule has 0 saturated carbocycles. The first-order valence-electron chi connectivity index (χ1n) is 5.59. The van der Waals surface area contributed by atoms with Gasteiger partial charge in [0.2, 0.25) is 0 Å². The van der Waals surface area contributed by atoms with Crippen LogP contribution >= 0.6 is 0 Å². The van der Waals surface area contributed by atoms with E-state index in [9.17, 15) is 4.79 Å². The fourth-order valence-corrected chi connectivity index (χ4v) is 2.09. The minimum absolute atomic E-state index is 0.262. The summed E-state index contributed by atoms with van der Waals surface area (Å²) < 4.78 is 0. The quantitative estimate of drug-likeness (QED) is 0.764. The van der Waals surface area contributed by atoms with Gasteiger partial charge in [-0.2, -0.15) is 0 Å². The fraction of sp³-hybridized carbons (Fsp3) is 0.462. The second-order valence-corrected chi connectivity index (χ2v) is 4.29. The van der Waals surface area contributed by atoms with Gasteiger partial charge in [-0.05, 0) is 32.4 Å². The van der Waals surface area contributed by atoms with Crippen molar-refractivity contribution in [2.75, 3.05) is 6.54 Å². The molecule has 0 bridgehead atoms. The molecule has 1 saturated heterocycles. The van der Waals surface area contributed by atoms with E-state index in [1.807, 2.05) is 31.2 Å². The molecule has 2 nitrogen and oxygen atoms in total. The average molecular weight is 203 g/mol. The lowest BCUT2D eigenvalue weighted by Crippen LogP contribution is -2.24. The molecule has 1 aromatic carbocycles. The summed E-state index contributed by atoms with van der Waals surface area (Å²) in [5.74, 6) is 0.262. The molecule has 0 radical (unpaired) electrons. The first-order chi connectivity index (χ1) is 7.25. The number of ketones is 1. The van der Waals surface area contributed by atoms with Gasteiger partial charge in [-0.3, -0.25) is 4.79 Å². The highest BCUT2D eigenvalue weighted by Gasteiger charge is 2.18. The third kappa shape index (κ3) is 2.66. The molecular weight excluding hydrogens is 186 g/mol. The second-order valence-electron chi connectivity index (χ2n) is 4.29. The van der Waals surface area contributed by atoms with E-state index in [-0.39, 0.29) is 5.78 Å². The van der Waals surface area contributed by atoms with Crippen LogP contribution in [-0.2, 0) is 0 Å². The van der Waals surface area contributed by atoms with Crippen LogP contribution in [0.4, 0.5) is 0 Å². The van der Waals surface area contributed by atoms with Gasteiger partial charge in [-0.15, -0.1) is 0 Å². The van der Waals surface area contributed by atoms with Crippen LogP contribution in [0.25, 0.3) is 0 Å². The van der Waals surface area contributed by atoms with Crippen LogP contribution in [0.3, 0.4) is 0 Å². The van der Waals surface area contributed by atoms with Gasteiger partial charge in [0.25, 0.3) is 0 Å². The summed E-state index contributed by atoms with van der Waals surface area (Å²) in [5.41, 5.74) is 2.00. The standard InChI is InChI=1S/C13H17NO/c1-10-4-2-5-11(8-10)13(15)9-12-6-3-7-14-12/h2,4-5,8,12,14H,3,6-7,9H2,1H3. The normalized spacial score (nSPS) is 20.5. The minimum atomic E-state index is 0.262. The maximum atomic E-state index is 11.9. The molecule has 2 heteroatoms. The molecule has 0 aromatic heterocycles. The Bertz CT molecular complexity index is 353. The molecule has 1 unspecified atom stereocenters. The third-order valence-electron chi connectivity index (χ3n) is 2.93. The molecule has 15 heavy (non-hydrogen) atoms. The van der Waals surface area contributed by atoms with Crippen molar-refractivity contribution < 1.29 is 4.79 Å². The third-order valence-corrected chi connectivity index (χ3v) is 2.93. The van der Waals surface area contributed by atoms with Crippen molar-refractivity contribution in [1.82, 2.24) is 5.32 Å². The summed E-state index contributed by atoms with van der Waals surface area (Å²) in [5, 5.41) is 3.35.